The Balaban J connectivity index is 2.14. The number of Topliss-reactive ketones (excluding diaryl/α,β-unsaturated/α-hetero) is 1. The summed E-state index contributed by atoms with van der Waals surface area (Å²) in [5.74, 6) is -1.44. The monoisotopic (exact) mass is 365 g/mol. The van der Waals surface area contributed by atoms with Gasteiger partial charge in [-0.15, -0.1) is 0 Å². The minimum Gasteiger partial charge on any atom is -0.507 e. The van der Waals surface area contributed by atoms with Gasteiger partial charge in [0.25, 0.3) is 11.7 Å². The van der Waals surface area contributed by atoms with Crippen LogP contribution in [0, 0.1) is 13.8 Å². The van der Waals surface area contributed by atoms with E-state index in [2.05, 4.69) is 0 Å². The van der Waals surface area contributed by atoms with Gasteiger partial charge in [-0.25, -0.2) is 0 Å². The third kappa shape index (κ3) is 3.64. The molecule has 0 unspecified atom stereocenters. The van der Waals surface area contributed by atoms with Crippen LogP contribution in [0.4, 0.5) is 0 Å². The van der Waals surface area contributed by atoms with E-state index in [4.69, 9.17) is 4.74 Å². The molecule has 3 rings (SSSR count). The molecule has 1 saturated heterocycles. The van der Waals surface area contributed by atoms with Gasteiger partial charge in [-0.3, -0.25) is 9.59 Å². The summed E-state index contributed by atoms with van der Waals surface area (Å²) in [7, 11) is 1.55. The van der Waals surface area contributed by atoms with E-state index in [0.29, 0.717) is 12.2 Å². The fraction of sp³-hybridized carbons (Fsp3) is 0.273. The highest BCUT2D eigenvalue weighted by Gasteiger charge is 2.45. The van der Waals surface area contributed by atoms with Gasteiger partial charge in [0.2, 0.25) is 0 Å². The fourth-order valence-corrected chi connectivity index (χ4v) is 3.26. The van der Waals surface area contributed by atoms with Crippen molar-refractivity contribution in [3.8, 4) is 0 Å². The van der Waals surface area contributed by atoms with Gasteiger partial charge in [0, 0.05) is 19.2 Å². The largest absolute Gasteiger partial charge is 0.507 e. The SMILES string of the molecule is COCCN1C(=O)C(=O)/C(=C(/O)c2ccc(C)cc2)[C@H]1c1ccc(C)cc1. The molecular formula is C22H23NO4. The molecule has 1 N–H and O–H groups in total. The Labute approximate surface area is 158 Å². The summed E-state index contributed by atoms with van der Waals surface area (Å²) in [6.45, 7) is 4.49. The molecular weight excluding hydrogens is 342 g/mol. The van der Waals surface area contributed by atoms with Gasteiger partial charge < -0.3 is 14.7 Å². The number of aryl methyl sites for hydroxylation is 2. The van der Waals surface area contributed by atoms with Crippen molar-refractivity contribution in [2.45, 2.75) is 19.9 Å². The van der Waals surface area contributed by atoms with Crippen molar-refractivity contribution in [3.05, 3.63) is 76.4 Å². The zero-order chi connectivity index (χ0) is 19.6. The van der Waals surface area contributed by atoms with E-state index in [1.54, 1.807) is 19.2 Å². The van der Waals surface area contributed by atoms with Gasteiger partial charge in [-0.05, 0) is 19.4 Å². The Morgan fingerprint density at radius 1 is 1.00 bits per heavy atom. The van der Waals surface area contributed by atoms with Crippen LogP contribution in [0.3, 0.4) is 0 Å². The summed E-state index contributed by atoms with van der Waals surface area (Å²) in [6.07, 6.45) is 0. The lowest BCUT2D eigenvalue weighted by molar-refractivity contribution is -0.140. The highest BCUT2D eigenvalue weighted by atomic mass is 16.5. The molecule has 5 nitrogen and oxygen atoms in total. The van der Waals surface area contributed by atoms with Crippen LogP contribution < -0.4 is 0 Å². The number of likely N-dealkylation sites (tertiary alicyclic amines) is 1. The number of carbonyl (C=O) groups is 2. The summed E-state index contributed by atoms with van der Waals surface area (Å²) in [5.41, 5.74) is 3.53. The van der Waals surface area contributed by atoms with E-state index in [0.717, 1.165) is 16.7 Å². The molecule has 1 heterocycles. The first-order chi connectivity index (χ1) is 12.9. The molecule has 0 bridgehead atoms. The third-order valence-electron chi connectivity index (χ3n) is 4.79. The summed E-state index contributed by atoms with van der Waals surface area (Å²) in [4.78, 5) is 26.9. The molecule has 0 aromatic heterocycles. The van der Waals surface area contributed by atoms with E-state index < -0.39 is 17.7 Å². The van der Waals surface area contributed by atoms with Gasteiger partial charge in [0.05, 0.1) is 18.2 Å². The number of hydrogen-bond acceptors (Lipinski definition) is 4. The number of ether oxygens (including phenoxy) is 1. The third-order valence-corrected chi connectivity index (χ3v) is 4.79. The van der Waals surface area contributed by atoms with Crippen LogP contribution in [0.25, 0.3) is 5.76 Å². The van der Waals surface area contributed by atoms with Crippen LogP contribution in [-0.4, -0.2) is 42.0 Å². The smallest absolute Gasteiger partial charge is 0.295 e. The van der Waals surface area contributed by atoms with Crippen LogP contribution in [0.2, 0.25) is 0 Å². The molecule has 5 heteroatoms. The lowest BCUT2D eigenvalue weighted by Crippen LogP contribution is -2.32. The fourth-order valence-electron chi connectivity index (χ4n) is 3.26. The van der Waals surface area contributed by atoms with Crippen LogP contribution in [0.5, 0.6) is 0 Å². The number of carbonyl (C=O) groups excluding carboxylic acids is 2. The average molecular weight is 365 g/mol. The molecule has 27 heavy (non-hydrogen) atoms. The first-order valence-electron chi connectivity index (χ1n) is 8.85. The minimum absolute atomic E-state index is 0.115. The second-order valence-corrected chi connectivity index (χ2v) is 6.76. The molecule has 2 aromatic carbocycles. The number of rotatable bonds is 5. The van der Waals surface area contributed by atoms with Gasteiger partial charge in [0.15, 0.2) is 0 Å². The van der Waals surface area contributed by atoms with Crippen molar-refractivity contribution in [1.29, 1.82) is 0 Å². The van der Waals surface area contributed by atoms with Crippen molar-refractivity contribution < 1.29 is 19.4 Å². The molecule has 1 aliphatic heterocycles. The van der Waals surface area contributed by atoms with Crippen LogP contribution in [0.1, 0.15) is 28.3 Å². The number of aliphatic hydroxyl groups excluding tert-OH is 1. The summed E-state index contributed by atoms with van der Waals surface area (Å²) >= 11 is 0. The van der Waals surface area contributed by atoms with Crippen LogP contribution >= 0.6 is 0 Å². The molecule has 2 aromatic rings. The summed E-state index contributed by atoms with van der Waals surface area (Å²) in [5, 5.41) is 10.9. The summed E-state index contributed by atoms with van der Waals surface area (Å²) in [6, 6.07) is 14.2. The van der Waals surface area contributed by atoms with E-state index >= 15 is 0 Å². The second kappa shape index (κ2) is 7.76. The molecule has 0 saturated carbocycles. The first kappa shape index (κ1) is 18.9. The Morgan fingerprint density at radius 3 is 2.11 bits per heavy atom. The van der Waals surface area contributed by atoms with Gasteiger partial charge in [-0.1, -0.05) is 59.7 Å². The van der Waals surface area contributed by atoms with Gasteiger partial charge in [-0.2, -0.15) is 0 Å². The molecule has 0 aliphatic carbocycles. The maximum absolute atomic E-state index is 12.8. The first-order valence-corrected chi connectivity index (χ1v) is 8.85. The predicted octanol–water partition coefficient (Wildman–Crippen LogP) is 3.37. The molecule has 0 spiro atoms. The molecule has 1 aliphatic rings. The number of hydrogen-bond donors (Lipinski definition) is 1. The van der Waals surface area contributed by atoms with E-state index in [-0.39, 0.29) is 17.9 Å². The second-order valence-electron chi connectivity index (χ2n) is 6.76. The van der Waals surface area contributed by atoms with Crippen molar-refractivity contribution in [1.82, 2.24) is 4.90 Å². The minimum atomic E-state index is -0.672. The zero-order valence-corrected chi connectivity index (χ0v) is 15.7. The highest BCUT2D eigenvalue weighted by Crippen LogP contribution is 2.39. The van der Waals surface area contributed by atoms with Crippen molar-refractivity contribution in [3.63, 3.8) is 0 Å². The normalized spacial score (nSPS) is 18.9. The zero-order valence-electron chi connectivity index (χ0n) is 15.7. The number of nitrogens with zero attached hydrogens (tertiary/aromatic N) is 1. The highest BCUT2D eigenvalue weighted by molar-refractivity contribution is 6.46. The standard InChI is InChI=1S/C22H23NO4/c1-14-4-8-16(9-5-14)19-18(20(24)17-10-6-15(2)7-11-17)21(25)22(26)23(19)12-13-27-3/h4-11,19,24H,12-13H2,1-3H3/b20-18+/t19-/m1/s1. The lowest BCUT2D eigenvalue weighted by Gasteiger charge is -2.25. The molecule has 1 atom stereocenters. The van der Waals surface area contributed by atoms with E-state index in [1.807, 2.05) is 50.2 Å². The van der Waals surface area contributed by atoms with Crippen LogP contribution in [0.15, 0.2) is 54.1 Å². The van der Waals surface area contributed by atoms with E-state index in [1.165, 1.54) is 4.90 Å². The maximum Gasteiger partial charge on any atom is 0.295 e. The van der Waals surface area contributed by atoms with E-state index in [9.17, 15) is 14.7 Å². The topological polar surface area (TPSA) is 66.8 Å². The van der Waals surface area contributed by atoms with Crippen molar-refractivity contribution in [2.75, 3.05) is 20.3 Å². The Hall–Kier alpha value is -2.92. The number of ketones is 1. The Bertz CT molecular complexity index is 882. The van der Waals surface area contributed by atoms with Gasteiger partial charge in [0.1, 0.15) is 5.76 Å². The van der Waals surface area contributed by atoms with Crippen molar-refractivity contribution in [2.24, 2.45) is 0 Å². The molecule has 1 fully saturated rings. The number of amides is 1. The lowest BCUT2D eigenvalue weighted by atomic mass is 9.94. The molecule has 140 valence electrons. The Kier molecular flexibility index (Phi) is 5.42. The van der Waals surface area contributed by atoms with Crippen LogP contribution in [-0.2, 0) is 14.3 Å². The number of aliphatic hydroxyl groups is 1. The molecule has 0 radical (unpaired) electrons. The van der Waals surface area contributed by atoms with Gasteiger partial charge >= 0.3 is 0 Å². The summed E-state index contributed by atoms with van der Waals surface area (Å²) < 4.78 is 5.10. The number of benzene rings is 2. The Morgan fingerprint density at radius 2 is 1.56 bits per heavy atom. The average Bonchev–Trinajstić information content (AvgIpc) is 2.91. The number of methoxy groups -OCH3 is 1. The quantitative estimate of drug-likeness (QED) is 0.501. The predicted molar refractivity (Wildman–Crippen MR) is 103 cm³/mol. The van der Waals surface area contributed by atoms with Crippen molar-refractivity contribution >= 4 is 17.4 Å². The molecule has 1 amide bonds. The maximum atomic E-state index is 12.8.